The van der Waals surface area contributed by atoms with Gasteiger partial charge in [0.15, 0.2) is 6.29 Å². The van der Waals surface area contributed by atoms with Crippen LogP contribution in [0.25, 0.3) is 0 Å². The highest BCUT2D eigenvalue weighted by atomic mass is 16.6. The monoisotopic (exact) mass is 257 g/mol. The molecule has 19 heavy (non-hydrogen) atoms. The first kappa shape index (κ1) is 12.8. The van der Waals surface area contributed by atoms with Gasteiger partial charge in [0.25, 0.3) is 5.69 Å². The van der Waals surface area contributed by atoms with Gasteiger partial charge in [-0.15, -0.1) is 0 Å². The number of benzene rings is 2. The standard InChI is InChI=1S/C14H11NO4/c16-9-12-13(15(17)18)7-4-8-14(12)19-10-11-5-2-1-3-6-11/h1-9H,10H2. The van der Waals surface area contributed by atoms with Crippen LogP contribution >= 0.6 is 0 Å². The van der Waals surface area contributed by atoms with E-state index in [1.807, 2.05) is 30.3 Å². The van der Waals surface area contributed by atoms with Crippen LogP contribution in [0, 0.1) is 10.1 Å². The SMILES string of the molecule is O=Cc1c(OCc2ccccc2)cccc1[N+](=O)[O-]. The zero-order valence-electron chi connectivity index (χ0n) is 9.98. The van der Waals surface area contributed by atoms with Gasteiger partial charge in [-0.3, -0.25) is 14.9 Å². The second kappa shape index (κ2) is 5.77. The highest BCUT2D eigenvalue weighted by molar-refractivity contribution is 5.85. The Balaban J connectivity index is 2.23. The first-order valence-electron chi connectivity index (χ1n) is 5.61. The van der Waals surface area contributed by atoms with E-state index in [0.717, 1.165) is 5.56 Å². The molecule has 2 rings (SSSR count). The molecule has 0 N–H and O–H groups in total. The van der Waals surface area contributed by atoms with E-state index in [-0.39, 0.29) is 23.6 Å². The highest BCUT2D eigenvalue weighted by Gasteiger charge is 2.17. The molecule has 2 aromatic rings. The summed E-state index contributed by atoms with van der Waals surface area (Å²) in [5, 5.41) is 10.8. The third kappa shape index (κ3) is 2.95. The number of rotatable bonds is 5. The van der Waals surface area contributed by atoms with E-state index in [1.54, 1.807) is 6.07 Å². The summed E-state index contributed by atoms with van der Waals surface area (Å²) in [6.45, 7) is 0.253. The molecule has 0 atom stereocenters. The average Bonchev–Trinajstić information content (AvgIpc) is 2.45. The predicted molar refractivity (Wildman–Crippen MR) is 69.3 cm³/mol. The molecule has 0 saturated heterocycles. The Morgan fingerprint density at radius 2 is 1.84 bits per heavy atom. The molecule has 5 nitrogen and oxygen atoms in total. The van der Waals surface area contributed by atoms with E-state index in [9.17, 15) is 14.9 Å². The summed E-state index contributed by atoms with van der Waals surface area (Å²) in [5.74, 6) is 0.216. The van der Waals surface area contributed by atoms with E-state index < -0.39 is 4.92 Å². The van der Waals surface area contributed by atoms with E-state index >= 15 is 0 Å². The van der Waals surface area contributed by atoms with Crippen LogP contribution in [0.15, 0.2) is 48.5 Å². The zero-order chi connectivity index (χ0) is 13.7. The van der Waals surface area contributed by atoms with Gasteiger partial charge in [-0.25, -0.2) is 0 Å². The quantitative estimate of drug-likeness (QED) is 0.469. The van der Waals surface area contributed by atoms with Crippen LogP contribution < -0.4 is 4.74 Å². The lowest BCUT2D eigenvalue weighted by Gasteiger charge is -2.08. The number of nitro benzene ring substituents is 1. The average molecular weight is 257 g/mol. The van der Waals surface area contributed by atoms with Crippen molar-refractivity contribution in [2.45, 2.75) is 6.61 Å². The van der Waals surface area contributed by atoms with Gasteiger partial charge in [-0.05, 0) is 11.6 Å². The molecule has 0 aliphatic rings. The van der Waals surface area contributed by atoms with Crippen molar-refractivity contribution in [1.29, 1.82) is 0 Å². The summed E-state index contributed by atoms with van der Waals surface area (Å²) >= 11 is 0. The normalized spacial score (nSPS) is 9.89. The molecule has 0 spiro atoms. The molecule has 2 aromatic carbocycles. The number of carbonyl (C=O) groups is 1. The minimum atomic E-state index is -0.598. The third-order valence-electron chi connectivity index (χ3n) is 2.59. The maximum absolute atomic E-state index is 11.0. The second-order valence-electron chi connectivity index (χ2n) is 3.84. The fourth-order valence-electron chi connectivity index (χ4n) is 1.67. The van der Waals surface area contributed by atoms with Crippen LogP contribution in [0.5, 0.6) is 5.75 Å². The third-order valence-corrected chi connectivity index (χ3v) is 2.59. The molecule has 0 bridgehead atoms. The van der Waals surface area contributed by atoms with Gasteiger partial charge in [0, 0.05) is 6.07 Å². The molecule has 0 aromatic heterocycles. The first-order chi connectivity index (χ1) is 9.22. The van der Waals surface area contributed by atoms with Crippen LogP contribution in [-0.2, 0) is 6.61 Å². The molecular formula is C14H11NO4. The number of nitrogens with zero attached hydrogens (tertiary/aromatic N) is 1. The van der Waals surface area contributed by atoms with Crippen molar-refractivity contribution in [1.82, 2.24) is 0 Å². The number of carbonyl (C=O) groups excluding carboxylic acids is 1. The maximum Gasteiger partial charge on any atom is 0.283 e. The Bertz CT molecular complexity index is 596. The van der Waals surface area contributed by atoms with Gasteiger partial charge in [-0.2, -0.15) is 0 Å². The van der Waals surface area contributed by atoms with Crippen molar-refractivity contribution >= 4 is 12.0 Å². The fraction of sp³-hybridized carbons (Fsp3) is 0.0714. The summed E-state index contributed by atoms with van der Waals surface area (Å²) in [6.07, 6.45) is 0.443. The molecule has 0 aliphatic heterocycles. The van der Waals surface area contributed by atoms with Crippen LogP contribution in [-0.4, -0.2) is 11.2 Å². The van der Waals surface area contributed by atoms with E-state index in [0.29, 0.717) is 6.29 Å². The summed E-state index contributed by atoms with van der Waals surface area (Å²) in [6, 6.07) is 13.7. The van der Waals surface area contributed by atoms with Gasteiger partial charge >= 0.3 is 0 Å². The van der Waals surface area contributed by atoms with Crippen molar-refractivity contribution < 1.29 is 14.5 Å². The van der Waals surface area contributed by atoms with Crippen LogP contribution in [0.3, 0.4) is 0 Å². The van der Waals surface area contributed by atoms with Crippen molar-refractivity contribution in [3.05, 3.63) is 69.8 Å². The van der Waals surface area contributed by atoms with Crippen molar-refractivity contribution in [3.8, 4) is 5.75 Å². The lowest BCUT2D eigenvalue weighted by Crippen LogP contribution is -2.01. The number of hydrogen-bond acceptors (Lipinski definition) is 4. The molecule has 0 heterocycles. The van der Waals surface area contributed by atoms with Gasteiger partial charge < -0.3 is 4.74 Å². The summed E-state index contributed by atoms with van der Waals surface area (Å²) in [7, 11) is 0. The Hall–Kier alpha value is -2.69. The second-order valence-corrected chi connectivity index (χ2v) is 3.84. The van der Waals surface area contributed by atoms with E-state index in [1.165, 1.54) is 12.1 Å². The lowest BCUT2D eigenvalue weighted by molar-refractivity contribution is -0.385. The number of ether oxygens (including phenoxy) is 1. The Morgan fingerprint density at radius 3 is 2.47 bits per heavy atom. The minimum Gasteiger partial charge on any atom is -0.488 e. The molecule has 0 fully saturated rings. The van der Waals surface area contributed by atoms with Gasteiger partial charge in [-0.1, -0.05) is 36.4 Å². The molecule has 0 unspecified atom stereocenters. The highest BCUT2D eigenvalue weighted by Crippen LogP contribution is 2.27. The van der Waals surface area contributed by atoms with Crippen molar-refractivity contribution in [2.24, 2.45) is 0 Å². The molecule has 0 saturated carbocycles. The molecule has 0 amide bonds. The van der Waals surface area contributed by atoms with Gasteiger partial charge in [0.1, 0.15) is 17.9 Å². The Kier molecular flexibility index (Phi) is 3.87. The topological polar surface area (TPSA) is 69.4 Å². The minimum absolute atomic E-state index is 0.0385. The predicted octanol–water partition coefficient (Wildman–Crippen LogP) is 2.99. The summed E-state index contributed by atoms with van der Waals surface area (Å²) in [4.78, 5) is 21.2. The molecule has 0 radical (unpaired) electrons. The van der Waals surface area contributed by atoms with E-state index in [2.05, 4.69) is 0 Å². The number of hydrogen-bond donors (Lipinski definition) is 0. The largest absolute Gasteiger partial charge is 0.488 e. The van der Waals surface area contributed by atoms with E-state index in [4.69, 9.17) is 4.74 Å². The smallest absolute Gasteiger partial charge is 0.283 e. The molecule has 96 valence electrons. The first-order valence-corrected chi connectivity index (χ1v) is 5.61. The van der Waals surface area contributed by atoms with Crippen LogP contribution in [0.1, 0.15) is 15.9 Å². The molecule has 0 aliphatic carbocycles. The van der Waals surface area contributed by atoms with Crippen molar-refractivity contribution in [2.75, 3.05) is 0 Å². The molecule has 5 heteroatoms. The summed E-state index contributed by atoms with van der Waals surface area (Å²) in [5.41, 5.74) is 0.634. The summed E-state index contributed by atoms with van der Waals surface area (Å²) < 4.78 is 5.47. The fourth-order valence-corrected chi connectivity index (χ4v) is 1.67. The Labute approximate surface area is 109 Å². The van der Waals surface area contributed by atoms with Crippen LogP contribution in [0.2, 0.25) is 0 Å². The lowest BCUT2D eigenvalue weighted by atomic mass is 10.1. The molecular weight excluding hydrogens is 246 g/mol. The Morgan fingerprint density at radius 1 is 1.11 bits per heavy atom. The number of aldehydes is 1. The number of nitro groups is 1. The van der Waals surface area contributed by atoms with Gasteiger partial charge in [0.05, 0.1) is 4.92 Å². The maximum atomic E-state index is 11.0. The van der Waals surface area contributed by atoms with Crippen LogP contribution in [0.4, 0.5) is 5.69 Å². The van der Waals surface area contributed by atoms with Crippen molar-refractivity contribution in [3.63, 3.8) is 0 Å². The zero-order valence-corrected chi connectivity index (χ0v) is 9.98. The van der Waals surface area contributed by atoms with Gasteiger partial charge in [0.2, 0.25) is 0 Å².